The highest BCUT2D eigenvalue weighted by atomic mass is 32.2. The molecular weight excluding hydrogens is 262 g/mol. The van der Waals surface area contributed by atoms with E-state index in [1.54, 1.807) is 17.4 Å². The van der Waals surface area contributed by atoms with E-state index in [-0.39, 0.29) is 5.91 Å². The first-order chi connectivity index (χ1) is 8.78. The summed E-state index contributed by atoms with van der Waals surface area (Å²) in [6.45, 7) is 0. The predicted molar refractivity (Wildman–Crippen MR) is 78.0 cm³/mol. The minimum atomic E-state index is -0.0254. The van der Waals surface area contributed by atoms with E-state index in [1.165, 1.54) is 11.8 Å². The van der Waals surface area contributed by atoms with Crippen molar-refractivity contribution in [1.29, 1.82) is 0 Å². The van der Waals surface area contributed by atoms with Gasteiger partial charge in [-0.2, -0.15) is 0 Å². The van der Waals surface area contributed by atoms with Crippen LogP contribution in [0.1, 0.15) is 5.56 Å². The second-order valence-electron chi connectivity index (χ2n) is 3.49. The zero-order valence-corrected chi connectivity index (χ0v) is 11.2. The van der Waals surface area contributed by atoms with Gasteiger partial charge >= 0.3 is 0 Å². The van der Waals surface area contributed by atoms with E-state index >= 15 is 0 Å². The Morgan fingerprint density at radius 3 is 3.00 bits per heavy atom. The summed E-state index contributed by atoms with van der Waals surface area (Å²) in [5.74, 6) is 2.92. The van der Waals surface area contributed by atoms with Gasteiger partial charge in [0.1, 0.15) is 0 Å². The maximum Gasteiger partial charge on any atom is 0.234 e. The predicted octanol–water partition coefficient (Wildman–Crippen LogP) is 3.46. The van der Waals surface area contributed by atoms with Crippen LogP contribution in [-0.4, -0.2) is 11.7 Å². The van der Waals surface area contributed by atoms with Crippen LogP contribution in [0.3, 0.4) is 0 Å². The first kappa shape index (κ1) is 12.7. The number of thioether (sulfide) groups is 1. The minimum absolute atomic E-state index is 0.0254. The van der Waals surface area contributed by atoms with Crippen molar-refractivity contribution in [3.05, 3.63) is 47.3 Å². The summed E-state index contributed by atoms with van der Waals surface area (Å²) < 4.78 is 1.14. The average molecular weight is 273 g/mol. The lowest BCUT2D eigenvalue weighted by molar-refractivity contribution is -0.113. The fourth-order valence-corrected chi connectivity index (χ4v) is 2.95. The molecule has 1 heterocycles. The molecule has 2 nitrogen and oxygen atoms in total. The number of anilines is 1. The normalized spacial score (nSPS) is 9.72. The summed E-state index contributed by atoms with van der Waals surface area (Å²) in [5, 5.41) is 4.83. The van der Waals surface area contributed by atoms with Crippen molar-refractivity contribution in [2.24, 2.45) is 0 Å². The van der Waals surface area contributed by atoms with Crippen LogP contribution in [-0.2, 0) is 4.79 Å². The van der Waals surface area contributed by atoms with E-state index in [9.17, 15) is 4.79 Å². The van der Waals surface area contributed by atoms with Gasteiger partial charge in [0.25, 0.3) is 0 Å². The molecule has 90 valence electrons. The number of terminal acetylenes is 1. The molecule has 2 aromatic rings. The van der Waals surface area contributed by atoms with Gasteiger partial charge in [0.2, 0.25) is 5.91 Å². The quantitative estimate of drug-likeness (QED) is 0.683. The third-order valence-corrected chi connectivity index (χ3v) is 4.28. The summed E-state index contributed by atoms with van der Waals surface area (Å²) in [6.07, 6.45) is 5.31. The van der Waals surface area contributed by atoms with Gasteiger partial charge in [0.05, 0.1) is 9.96 Å². The lowest BCUT2D eigenvalue weighted by Gasteiger charge is -2.04. The third-order valence-electron chi connectivity index (χ3n) is 2.15. The molecule has 0 fully saturated rings. The van der Waals surface area contributed by atoms with Crippen LogP contribution in [0.4, 0.5) is 5.69 Å². The fraction of sp³-hybridized carbons (Fsp3) is 0.0714. The molecule has 0 saturated carbocycles. The van der Waals surface area contributed by atoms with E-state index in [2.05, 4.69) is 11.2 Å². The molecule has 1 amide bonds. The molecule has 0 spiro atoms. The Hall–Kier alpha value is -1.70. The van der Waals surface area contributed by atoms with Gasteiger partial charge in [0.15, 0.2) is 0 Å². The Kier molecular flexibility index (Phi) is 4.46. The molecule has 1 aromatic heterocycles. The van der Waals surface area contributed by atoms with Gasteiger partial charge in [-0.25, -0.2) is 0 Å². The monoisotopic (exact) mass is 273 g/mol. The van der Waals surface area contributed by atoms with Crippen molar-refractivity contribution in [3.8, 4) is 12.3 Å². The fourth-order valence-electron chi connectivity index (χ4n) is 1.37. The largest absolute Gasteiger partial charge is 0.325 e. The molecule has 1 aromatic carbocycles. The van der Waals surface area contributed by atoms with Crippen LogP contribution in [0.15, 0.2) is 46.0 Å². The number of carbonyl (C=O) groups is 1. The zero-order chi connectivity index (χ0) is 12.8. The van der Waals surface area contributed by atoms with E-state index in [0.29, 0.717) is 5.75 Å². The van der Waals surface area contributed by atoms with Gasteiger partial charge in [-0.15, -0.1) is 29.5 Å². The lowest BCUT2D eigenvalue weighted by Crippen LogP contribution is -2.13. The van der Waals surface area contributed by atoms with E-state index in [0.717, 1.165) is 15.5 Å². The molecule has 0 atom stereocenters. The second-order valence-corrected chi connectivity index (χ2v) is 5.72. The molecule has 2 rings (SSSR count). The average Bonchev–Trinajstić information content (AvgIpc) is 2.90. The minimum Gasteiger partial charge on any atom is -0.325 e. The topological polar surface area (TPSA) is 29.1 Å². The van der Waals surface area contributed by atoms with Crippen LogP contribution in [0.2, 0.25) is 0 Å². The molecule has 1 N–H and O–H groups in total. The van der Waals surface area contributed by atoms with E-state index in [1.807, 2.05) is 35.7 Å². The molecule has 0 radical (unpaired) electrons. The van der Waals surface area contributed by atoms with Gasteiger partial charge < -0.3 is 5.32 Å². The number of hydrogen-bond acceptors (Lipinski definition) is 3. The summed E-state index contributed by atoms with van der Waals surface area (Å²) in [5.41, 5.74) is 1.50. The van der Waals surface area contributed by atoms with Crippen molar-refractivity contribution in [1.82, 2.24) is 0 Å². The molecule has 0 aliphatic rings. The first-order valence-corrected chi connectivity index (χ1v) is 7.17. The Morgan fingerprint density at radius 1 is 1.39 bits per heavy atom. The third kappa shape index (κ3) is 3.66. The van der Waals surface area contributed by atoms with Gasteiger partial charge in [-0.1, -0.05) is 18.1 Å². The van der Waals surface area contributed by atoms with Crippen LogP contribution in [0, 0.1) is 12.3 Å². The van der Waals surface area contributed by atoms with Crippen molar-refractivity contribution in [3.63, 3.8) is 0 Å². The van der Waals surface area contributed by atoms with Crippen LogP contribution in [0.25, 0.3) is 0 Å². The van der Waals surface area contributed by atoms with Crippen molar-refractivity contribution < 1.29 is 4.79 Å². The molecule has 0 aliphatic heterocycles. The van der Waals surface area contributed by atoms with Crippen molar-refractivity contribution in [2.75, 3.05) is 11.1 Å². The SMILES string of the molecule is C#Cc1cccc(NC(=O)CSc2cccs2)c1. The Balaban J connectivity index is 1.89. The van der Waals surface area contributed by atoms with Crippen LogP contribution >= 0.6 is 23.1 Å². The molecule has 0 aliphatic carbocycles. The smallest absolute Gasteiger partial charge is 0.234 e. The summed E-state index contributed by atoms with van der Waals surface area (Å²) >= 11 is 3.16. The number of rotatable bonds is 4. The standard InChI is InChI=1S/C14H11NOS2/c1-2-11-5-3-6-12(9-11)15-13(16)10-18-14-7-4-8-17-14/h1,3-9H,10H2,(H,15,16). The van der Waals surface area contributed by atoms with Crippen LogP contribution < -0.4 is 5.32 Å². The van der Waals surface area contributed by atoms with Gasteiger partial charge in [0, 0.05) is 11.3 Å². The Morgan fingerprint density at radius 2 is 2.28 bits per heavy atom. The molecule has 0 saturated heterocycles. The van der Waals surface area contributed by atoms with Crippen molar-refractivity contribution >= 4 is 34.7 Å². The number of carbonyl (C=O) groups excluding carboxylic acids is 1. The number of nitrogens with one attached hydrogen (secondary N) is 1. The van der Waals surface area contributed by atoms with Crippen LogP contribution in [0.5, 0.6) is 0 Å². The number of amides is 1. The highest BCUT2D eigenvalue weighted by Gasteiger charge is 2.04. The zero-order valence-electron chi connectivity index (χ0n) is 9.55. The molecule has 18 heavy (non-hydrogen) atoms. The highest BCUT2D eigenvalue weighted by molar-refractivity contribution is 8.01. The lowest BCUT2D eigenvalue weighted by atomic mass is 10.2. The Bertz CT molecular complexity index is 570. The molecule has 4 heteroatoms. The molecular formula is C14H11NOS2. The highest BCUT2D eigenvalue weighted by Crippen LogP contribution is 2.23. The summed E-state index contributed by atoms with van der Waals surface area (Å²) in [4.78, 5) is 11.7. The number of hydrogen-bond donors (Lipinski definition) is 1. The van der Waals surface area contributed by atoms with Gasteiger partial charge in [-0.05, 0) is 29.6 Å². The van der Waals surface area contributed by atoms with Crippen molar-refractivity contribution in [2.45, 2.75) is 4.21 Å². The second kappa shape index (κ2) is 6.29. The van der Waals surface area contributed by atoms with E-state index in [4.69, 9.17) is 6.42 Å². The Labute approximate surface area is 114 Å². The van der Waals surface area contributed by atoms with Gasteiger partial charge in [-0.3, -0.25) is 4.79 Å². The summed E-state index contributed by atoms with van der Waals surface area (Å²) in [7, 11) is 0. The molecule has 0 bridgehead atoms. The first-order valence-electron chi connectivity index (χ1n) is 5.31. The summed E-state index contributed by atoms with van der Waals surface area (Å²) in [6, 6.07) is 11.2. The number of benzene rings is 1. The van der Waals surface area contributed by atoms with E-state index < -0.39 is 0 Å². The molecule has 0 unspecified atom stereocenters. The number of thiophene rings is 1. The maximum atomic E-state index is 11.7. The maximum absolute atomic E-state index is 11.7.